The molecule has 0 bridgehead atoms. The SMILES string of the molecule is CC1C(=O)N(C)C(=S)N1CCCN1CCN(C(=O)c2cccs2)CC1. The number of piperazine rings is 1. The lowest BCUT2D eigenvalue weighted by Gasteiger charge is -2.35. The molecule has 2 aliphatic rings. The largest absolute Gasteiger partial charge is 0.337 e. The molecule has 1 unspecified atom stereocenters. The van der Waals surface area contributed by atoms with Gasteiger partial charge in [-0.1, -0.05) is 6.07 Å². The van der Waals surface area contributed by atoms with Crippen LogP contribution in [0.1, 0.15) is 23.0 Å². The number of thiophene rings is 1. The first kappa shape index (κ1) is 18.3. The molecule has 0 aliphatic carbocycles. The first-order valence-electron chi connectivity index (χ1n) is 8.62. The Morgan fingerprint density at radius 3 is 2.56 bits per heavy atom. The average Bonchev–Trinajstić information content (AvgIpc) is 3.22. The zero-order valence-corrected chi connectivity index (χ0v) is 16.3. The molecule has 0 spiro atoms. The minimum Gasteiger partial charge on any atom is -0.337 e. The second kappa shape index (κ2) is 7.80. The molecule has 0 aromatic carbocycles. The van der Waals surface area contributed by atoms with E-state index in [9.17, 15) is 9.59 Å². The Labute approximate surface area is 158 Å². The number of carbonyl (C=O) groups is 2. The normalized spacial score (nSPS) is 22.2. The van der Waals surface area contributed by atoms with E-state index in [-0.39, 0.29) is 17.9 Å². The maximum atomic E-state index is 12.3. The van der Waals surface area contributed by atoms with Crippen molar-refractivity contribution < 1.29 is 9.59 Å². The second-order valence-electron chi connectivity index (χ2n) is 6.51. The Morgan fingerprint density at radius 2 is 2.00 bits per heavy atom. The second-order valence-corrected chi connectivity index (χ2v) is 7.83. The molecule has 3 rings (SSSR count). The van der Waals surface area contributed by atoms with Gasteiger partial charge in [0.1, 0.15) is 6.04 Å². The molecule has 0 N–H and O–H groups in total. The van der Waals surface area contributed by atoms with Crippen molar-refractivity contribution in [2.45, 2.75) is 19.4 Å². The monoisotopic (exact) mass is 380 g/mol. The van der Waals surface area contributed by atoms with E-state index in [1.807, 2.05) is 34.2 Å². The van der Waals surface area contributed by atoms with Crippen LogP contribution >= 0.6 is 23.6 Å². The van der Waals surface area contributed by atoms with Crippen molar-refractivity contribution in [3.8, 4) is 0 Å². The standard InChI is InChI=1S/C17H24N4O2S2/c1-13-15(22)18(2)17(24)21(13)7-4-6-19-8-10-20(11-9-19)16(23)14-5-3-12-25-14/h3,5,12-13H,4,6-11H2,1-2H3. The zero-order chi connectivity index (χ0) is 18.0. The molecule has 8 heteroatoms. The van der Waals surface area contributed by atoms with Crippen molar-refractivity contribution in [2.24, 2.45) is 0 Å². The van der Waals surface area contributed by atoms with Crippen LogP contribution in [0.25, 0.3) is 0 Å². The molecular weight excluding hydrogens is 356 g/mol. The first-order valence-corrected chi connectivity index (χ1v) is 9.91. The van der Waals surface area contributed by atoms with Gasteiger partial charge >= 0.3 is 0 Å². The van der Waals surface area contributed by atoms with Gasteiger partial charge in [0.2, 0.25) is 0 Å². The Bertz CT molecular complexity index is 641. The minimum atomic E-state index is -0.155. The number of thiocarbonyl (C=S) groups is 1. The van der Waals surface area contributed by atoms with Gasteiger partial charge in [-0.2, -0.15) is 0 Å². The third-order valence-electron chi connectivity index (χ3n) is 4.95. The van der Waals surface area contributed by atoms with Crippen LogP contribution in [0.4, 0.5) is 0 Å². The van der Waals surface area contributed by atoms with Crippen LogP contribution in [0.15, 0.2) is 17.5 Å². The van der Waals surface area contributed by atoms with Gasteiger partial charge in [0.15, 0.2) is 5.11 Å². The van der Waals surface area contributed by atoms with Gasteiger partial charge < -0.3 is 9.80 Å². The van der Waals surface area contributed by atoms with E-state index in [1.54, 1.807) is 11.9 Å². The van der Waals surface area contributed by atoms with E-state index in [0.29, 0.717) is 5.11 Å². The third-order valence-corrected chi connectivity index (χ3v) is 6.32. The molecule has 6 nitrogen and oxygen atoms in total. The summed E-state index contributed by atoms with van der Waals surface area (Å²) in [6.45, 7) is 7.02. The summed E-state index contributed by atoms with van der Waals surface area (Å²) in [7, 11) is 1.74. The third kappa shape index (κ3) is 3.86. The number of amides is 2. The van der Waals surface area contributed by atoms with Crippen LogP contribution in [-0.4, -0.2) is 88.9 Å². The van der Waals surface area contributed by atoms with Crippen LogP contribution < -0.4 is 0 Å². The van der Waals surface area contributed by atoms with Gasteiger partial charge in [-0.25, -0.2) is 0 Å². The smallest absolute Gasteiger partial charge is 0.264 e. The Morgan fingerprint density at radius 1 is 1.28 bits per heavy atom. The van der Waals surface area contributed by atoms with E-state index < -0.39 is 0 Å². The van der Waals surface area contributed by atoms with Gasteiger partial charge in [0, 0.05) is 39.8 Å². The van der Waals surface area contributed by atoms with Gasteiger partial charge in [-0.05, 0) is 43.6 Å². The maximum absolute atomic E-state index is 12.3. The van der Waals surface area contributed by atoms with Gasteiger partial charge in [-0.15, -0.1) is 11.3 Å². The number of hydrogen-bond donors (Lipinski definition) is 0. The molecule has 3 heterocycles. The molecule has 2 saturated heterocycles. The number of rotatable bonds is 5. The molecule has 136 valence electrons. The van der Waals surface area contributed by atoms with Crippen LogP contribution in [0.3, 0.4) is 0 Å². The molecule has 25 heavy (non-hydrogen) atoms. The van der Waals surface area contributed by atoms with E-state index in [2.05, 4.69) is 4.90 Å². The molecule has 0 radical (unpaired) electrons. The van der Waals surface area contributed by atoms with Crippen LogP contribution in [0, 0.1) is 0 Å². The van der Waals surface area contributed by atoms with Crippen molar-refractivity contribution in [3.63, 3.8) is 0 Å². The summed E-state index contributed by atoms with van der Waals surface area (Å²) in [6, 6.07) is 3.65. The summed E-state index contributed by atoms with van der Waals surface area (Å²) < 4.78 is 0. The van der Waals surface area contributed by atoms with Crippen molar-refractivity contribution in [1.29, 1.82) is 0 Å². The number of carbonyl (C=O) groups excluding carboxylic acids is 2. The highest BCUT2D eigenvalue weighted by atomic mass is 32.1. The first-order chi connectivity index (χ1) is 12.0. The highest BCUT2D eigenvalue weighted by Crippen LogP contribution is 2.17. The highest BCUT2D eigenvalue weighted by Gasteiger charge is 2.36. The molecule has 2 amide bonds. The van der Waals surface area contributed by atoms with Gasteiger partial charge in [0.25, 0.3) is 11.8 Å². The zero-order valence-electron chi connectivity index (χ0n) is 14.7. The van der Waals surface area contributed by atoms with E-state index in [4.69, 9.17) is 12.2 Å². The quantitative estimate of drug-likeness (QED) is 0.722. The molecule has 2 fully saturated rings. The molecule has 1 aromatic heterocycles. The molecular formula is C17H24N4O2S2. The van der Waals surface area contributed by atoms with Crippen LogP contribution in [-0.2, 0) is 4.79 Å². The summed E-state index contributed by atoms with van der Waals surface area (Å²) in [5.74, 6) is 0.221. The van der Waals surface area contributed by atoms with Crippen LogP contribution in [0.2, 0.25) is 0 Å². The molecule has 0 saturated carbocycles. The van der Waals surface area contributed by atoms with Crippen molar-refractivity contribution >= 4 is 40.5 Å². The molecule has 1 atom stereocenters. The number of likely N-dealkylation sites (N-methyl/N-ethyl adjacent to an activating group) is 1. The topological polar surface area (TPSA) is 47.1 Å². The van der Waals surface area contributed by atoms with E-state index in [1.165, 1.54) is 11.3 Å². The fourth-order valence-electron chi connectivity index (χ4n) is 3.35. The van der Waals surface area contributed by atoms with Gasteiger partial charge in [0.05, 0.1) is 4.88 Å². The Kier molecular flexibility index (Phi) is 5.71. The fraction of sp³-hybridized carbons (Fsp3) is 0.588. The number of nitrogens with zero attached hydrogens (tertiary/aromatic N) is 4. The summed E-state index contributed by atoms with van der Waals surface area (Å²) >= 11 is 6.84. The van der Waals surface area contributed by atoms with Crippen molar-refractivity contribution in [3.05, 3.63) is 22.4 Å². The summed E-state index contributed by atoms with van der Waals surface area (Å²) in [5.41, 5.74) is 0. The number of hydrogen-bond acceptors (Lipinski definition) is 5. The average molecular weight is 381 g/mol. The maximum Gasteiger partial charge on any atom is 0.264 e. The van der Waals surface area contributed by atoms with Crippen molar-refractivity contribution in [1.82, 2.24) is 19.6 Å². The lowest BCUT2D eigenvalue weighted by atomic mass is 10.2. The predicted octanol–water partition coefficient (Wildman–Crippen LogP) is 1.34. The molecule has 1 aromatic rings. The Hall–Kier alpha value is -1.51. The van der Waals surface area contributed by atoms with Crippen LogP contribution in [0.5, 0.6) is 0 Å². The Balaban J connectivity index is 1.41. The summed E-state index contributed by atoms with van der Waals surface area (Å²) in [6.07, 6.45) is 0.963. The lowest BCUT2D eigenvalue weighted by Crippen LogP contribution is -2.49. The van der Waals surface area contributed by atoms with E-state index in [0.717, 1.165) is 50.6 Å². The predicted molar refractivity (Wildman–Crippen MR) is 103 cm³/mol. The molecule has 2 aliphatic heterocycles. The fourth-order valence-corrected chi connectivity index (χ4v) is 4.38. The summed E-state index contributed by atoms with van der Waals surface area (Å²) in [4.78, 5) is 33.0. The van der Waals surface area contributed by atoms with Gasteiger partial charge in [-0.3, -0.25) is 19.4 Å². The lowest BCUT2D eigenvalue weighted by molar-refractivity contribution is -0.126. The van der Waals surface area contributed by atoms with E-state index >= 15 is 0 Å². The summed E-state index contributed by atoms with van der Waals surface area (Å²) in [5, 5.41) is 2.57. The minimum absolute atomic E-state index is 0.0747. The van der Waals surface area contributed by atoms with Crippen molar-refractivity contribution in [2.75, 3.05) is 46.3 Å². The highest BCUT2D eigenvalue weighted by molar-refractivity contribution is 7.80.